The van der Waals surface area contributed by atoms with Crippen LogP contribution in [0.15, 0.2) is 24.3 Å². The van der Waals surface area contributed by atoms with Crippen molar-refractivity contribution in [2.75, 3.05) is 13.1 Å². The number of nitrogens with zero attached hydrogens (tertiary/aromatic N) is 1. The molecular weight excluding hydrogens is 231 g/mol. The van der Waals surface area contributed by atoms with Crippen molar-refractivity contribution in [3.8, 4) is 0 Å². The molecule has 0 aliphatic carbocycles. The molecule has 0 aliphatic heterocycles. The highest BCUT2D eigenvalue weighted by Crippen LogP contribution is 2.15. The molecule has 1 rings (SSSR count). The zero-order valence-electron chi connectivity index (χ0n) is 11.0. The van der Waals surface area contributed by atoms with Crippen molar-refractivity contribution in [1.29, 1.82) is 0 Å². The summed E-state index contributed by atoms with van der Waals surface area (Å²) in [5.74, 6) is -0.747. The van der Waals surface area contributed by atoms with Crippen molar-refractivity contribution in [1.82, 2.24) is 4.90 Å². The van der Waals surface area contributed by atoms with Gasteiger partial charge in [0.05, 0.1) is 5.56 Å². The van der Waals surface area contributed by atoms with Gasteiger partial charge in [0.2, 0.25) is 0 Å². The first-order chi connectivity index (χ1) is 8.65. The second-order valence-corrected chi connectivity index (χ2v) is 4.24. The molecule has 0 radical (unpaired) electrons. The Morgan fingerprint density at radius 2 is 1.94 bits per heavy atom. The Kier molecular flexibility index (Phi) is 5.78. The SMILES string of the molecule is CCC(CC)N(CCN)C(=O)c1ccccc1F. The van der Waals surface area contributed by atoms with E-state index in [1.807, 2.05) is 13.8 Å². The third-order valence-electron chi connectivity index (χ3n) is 3.12. The molecule has 1 aromatic carbocycles. The van der Waals surface area contributed by atoms with Crippen LogP contribution in [-0.2, 0) is 0 Å². The summed E-state index contributed by atoms with van der Waals surface area (Å²) in [6.45, 7) is 4.88. The lowest BCUT2D eigenvalue weighted by molar-refractivity contribution is 0.0669. The summed E-state index contributed by atoms with van der Waals surface area (Å²) < 4.78 is 13.6. The molecule has 0 atom stereocenters. The maximum absolute atomic E-state index is 13.6. The topological polar surface area (TPSA) is 46.3 Å². The van der Waals surface area contributed by atoms with E-state index in [4.69, 9.17) is 5.73 Å². The van der Waals surface area contributed by atoms with Crippen LogP contribution in [0.1, 0.15) is 37.0 Å². The molecule has 0 spiro atoms. The molecule has 18 heavy (non-hydrogen) atoms. The van der Waals surface area contributed by atoms with Crippen molar-refractivity contribution in [3.05, 3.63) is 35.6 Å². The molecule has 1 aromatic rings. The largest absolute Gasteiger partial charge is 0.334 e. The molecule has 0 fully saturated rings. The Morgan fingerprint density at radius 1 is 1.33 bits per heavy atom. The van der Waals surface area contributed by atoms with Crippen molar-refractivity contribution >= 4 is 5.91 Å². The minimum absolute atomic E-state index is 0.112. The predicted molar refractivity (Wildman–Crippen MR) is 70.9 cm³/mol. The van der Waals surface area contributed by atoms with Gasteiger partial charge in [0.1, 0.15) is 5.82 Å². The summed E-state index contributed by atoms with van der Waals surface area (Å²) in [5, 5.41) is 0. The van der Waals surface area contributed by atoms with E-state index >= 15 is 0 Å². The molecule has 4 heteroatoms. The second-order valence-electron chi connectivity index (χ2n) is 4.24. The van der Waals surface area contributed by atoms with Gasteiger partial charge in [-0.05, 0) is 25.0 Å². The zero-order valence-corrected chi connectivity index (χ0v) is 11.0. The van der Waals surface area contributed by atoms with Crippen LogP contribution in [0, 0.1) is 5.82 Å². The van der Waals surface area contributed by atoms with Crippen LogP contribution in [0.25, 0.3) is 0 Å². The fourth-order valence-corrected chi connectivity index (χ4v) is 2.11. The van der Waals surface area contributed by atoms with Gasteiger partial charge in [-0.25, -0.2) is 4.39 Å². The fourth-order valence-electron chi connectivity index (χ4n) is 2.11. The number of benzene rings is 1. The standard InChI is InChI=1S/C14H21FN2O/c1-3-11(4-2)17(10-9-16)14(18)12-7-5-6-8-13(12)15/h5-8,11H,3-4,9-10,16H2,1-2H3. The van der Waals surface area contributed by atoms with E-state index in [1.165, 1.54) is 12.1 Å². The number of carbonyl (C=O) groups is 1. The summed E-state index contributed by atoms with van der Waals surface area (Å²) >= 11 is 0. The molecule has 0 unspecified atom stereocenters. The van der Waals surface area contributed by atoms with Gasteiger partial charge < -0.3 is 10.6 Å². The molecule has 0 saturated carbocycles. The monoisotopic (exact) mass is 252 g/mol. The van der Waals surface area contributed by atoms with Gasteiger partial charge >= 0.3 is 0 Å². The van der Waals surface area contributed by atoms with Crippen molar-refractivity contribution < 1.29 is 9.18 Å². The first kappa shape index (κ1) is 14.6. The Bertz CT molecular complexity index is 391. The molecule has 3 nitrogen and oxygen atoms in total. The number of hydrogen-bond acceptors (Lipinski definition) is 2. The average Bonchev–Trinajstić information content (AvgIpc) is 2.39. The molecule has 0 saturated heterocycles. The molecule has 0 aliphatic rings. The van der Waals surface area contributed by atoms with E-state index in [9.17, 15) is 9.18 Å². The summed E-state index contributed by atoms with van der Waals surface area (Å²) in [6, 6.07) is 6.19. The van der Waals surface area contributed by atoms with Crippen LogP contribution in [0.5, 0.6) is 0 Å². The highest BCUT2D eigenvalue weighted by Gasteiger charge is 2.23. The number of nitrogens with two attached hydrogens (primary N) is 1. The molecule has 2 N–H and O–H groups in total. The minimum atomic E-state index is -0.476. The van der Waals surface area contributed by atoms with E-state index in [0.29, 0.717) is 13.1 Å². The van der Waals surface area contributed by atoms with Gasteiger partial charge in [-0.1, -0.05) is 26.0 Å². The van der Waals surface area contributed by atoms with E-state index in [1.54, 1.807) is 17.0 Å². The lowest BCUT2D eigenvalue weighted by Crippen LogP contribution is -2.43. The van der Waals surface area contributed by atoms with Crippen LogP contribution in [-0.4, -0.2) is 29.9 Å². The van der Waals surface area contributed by atoms with Crippen molar-refractivity contribution in [2.24, 2.45) is 5.73 Å². The fraction of sp³-hybridized carbons (Fsp3) is 0.500. The van der Waals surface area contributed by atoms with Crippen molar-refractivity contribution in [2.45, 2.75) is 32.7 Å². The quantitative estimate of drug-likeness (QED) is 0.845. The molecule has 1 amide bonds. The maximum Gasteiger partial charge on any atom is 0.257 e. The van der Waals surface area contributed by atoms with Gasteiger partial charge in [0, 0.05) is 19.1 Å². The summed E-state index contributed by atoms with van der Waals surface area (Å²) in [6.07, 6.45) is 1.69. The van der Waals surface area contributed by atoms with Crippen LogP contribution in [0.2, 0.25) is 0 Å². The Hall–Kier alpha value is -1.42. The normalized spacial score (nSPS) is 10.7. The van der Waals surface area contributed by atoms with E-state index in [-0.39, 0.29) is 17.5 Å². The van der Waals surface area contributed by atoms with Crippen molar-refractivity contribution in [3.63, 3.8) is 0 Å². The number of carbonyl (C=O) groups excluding carboxylic acids is 1. The highest BCUT2D eigenvalue weighted by atomic mass is 19.1. The molecule has 0 aromatic heterocycles. The first-order valence-corrected chi connectivity index (χ1v) is 6.41. The number of halogens is 1. The van der Waals surface area contributed by atoms with Crippen LogP contribution >= 0.6 is 0 Å². The molecule has 100 valence electrons. The highest BCUT2D eigenvalue weighted by molar-refractivity contribution is 5.94. The Balaban J connectivity index is 2.99. The minimum Gasteiger partial charge on any atom is -0.334 e. The second kappa shape index (κ2) is 7.11. The van der Waals surface area contributed by atoms with Gasteiger partial charge in [-0.2, -0.15) is 0 Å². The predicted octanol–water partition coefficient (Wildman–Crippen LogP) is 2.42. The zero-order chi connectivity index (χ0) is 13.5. The average molecular weight is 252 g/mol. The smallest absolute Gasteiger partial charge is 0.257 e. The van der Waals surface area contributed by atoms with E-state index < -0.39 is 5.82 Å². The lowest BCUT2D eigenvalue weighted by atomic mass is 10.1. The molecule has 0 bridgehead atoms. The van der Waals surface area contributed by atoms with Gasteiger partial charge in [0.25, 0.3) is 5.91 Å². The van der Waals surface area contributed by atoms with Crippen LogP contribution in [0.3, 0.4) is 0 Å². The maximum atomic E-state index is 13.6. The summed E-state index contributed by atoms with van der Waals surface area (Å²) in [4.78, 5) is 14.0. The van der Waals surface area contributed by atoms with E-state index in [0.717, 1.165) is 12.8 Å². The third kappa shape index (κ3) is 3.29. The number of rotatable bonds is 6. The van der Waals surface area contributed by atoms with Gasteiger partial charge in [0.15, 0.2) is 0 Å². The number of hydrogen-bond donors (Lipinski definition) is 1. The molecule has 0 heterocycles. The lowest BCUT2D eigenvalue weighted by Gasteiger charge is -2.30. The number of amides is 1. The first-order valence-electron chi connectivity index (χ1n) is 6.41. The van der Waals surface area contributed by atoms with Crippen LogP contribution < -0.4 is 5.73 Å². The van der Waals surface area contributed by atoms with Crippen LogP contribution in [0.4, 0.5) is 4.39 Å². The van der Waals surface area contributed by atoms with E-state index in [2.05, 4.69) is 0 Å². The third-order valence-corrected chi connectivity index (χ3v) is 3.12. The summed E-state index contributed by atoms with van der Waals surface area (Å²) in [7, 11) is 0. The Labute approximate surface area is 108 Å². The molecular formula is C14H21FN2O. The van der Waals surface area contributed by atoms with Gasteiger partial charge in [-0.3, -0.25) is 4.79 Å². The van der Waals surface area contributed by atoms with Gasteiger partial charge in [-0.15, -0.1) is 0 Å². The summed E-state index contributed by atoms with van der Waals surface area (Å²) in [5.41, 5.74) is 5.67. The Morgan fingerprint density at radius 3 is 2.44 bits per heavy atom.